The molecule has 1 N–H and O–H groups in total. The first kappa shape index (κ1) is 15.1. The number of nitrogens with zero attached hydrogens (tertiary/aromatic N) is 4. The Labute approximate surface area is 141 Å². The van der Waals surface area contributed by atoms with E-state index in [2.05, 4.69) is 28.4 Å². The van der Waals surface area contributed by atoms with Crippen LogP contribution in [0.5, 0.6) is 0 Å². The van der Waals surface area contributed by atoms with Crippen molar-refractivity contribution in [1.29, 1.82) is 0 Å². The molecule has 4 rings (SSSR count). The first-order chi connectivity index (χ1) is 11.2. The van der Waals surface area contributed by atoms with E-state index in [9.17, 15) is 0 Å². The monoisotopic (exact) mass is 331 g/mol. The Kier molecular flexibility index (Phi) is 4.11. The van der Waals surface area contributed by atoms with Gasteiger partial charge in [-0.15, -0.1) is 11.3 Å². The standard InChI is InChI=1S/C17H25N5S/c1-12-19-15-6-3-7-16(17(15)23-12)20-13-5-4-8-22(10-13)14-9-18-21(2)11-14/h9,11,13,16,20H,3-8,10H2,1-2H3/t13-,16+/m1/s1. The summed E-state index contributed by atoms with van der Waals surface area (Å²) in [6.45, 7) is 4.35. The van der Waals surface area contributed by atoms with Crippen LogP contribution in [0, 0.1) is 6.92 Å². The van der Waals surface area contributed by atoms with Crippen LogP contribution in [-0.2, 0) is 13.5 Å². The van der Waals surface area contributed by atoms with E-state index in [1.165, 1.54) is 46.9 Å². The maximum atomic E-state index is 4.72. The minimum Gasteiger partial charge on any atom is -0.367 e. The van der Waals surface area contributed by atoms with Gasteiger partial charge in [0.05, 0.1) is 22.6 Å². The molecule has 1 aliphatic heterocycles. The smallest absolute Gasteiger partial charge is 0.0900 e. The molecule has 2 aromatic heterocycles. The number of piperidine rings is 1. The zero-order valence-corrected chi connectivity index (χ0v) is 14.8. The number of fused-ring (bicyclic) bond motifs is 1. The summed E-state index contributed by atoms with van der Waals surface area (Å²) in [4.78, 5) is 8.68. The van der Waals surface area contributed by atoms with E-state index in [-0.39, 0.29) is 0 Å². The van der Waals surface area contributed by atoms with Gasteiger partial charge in [0.2, 0.25) is 0 Å². The minimum atomic E-state index is 0.504. The van der Waals surface area contributed by atoms with Crippen molar-refractivity contribution in [3.05, 3.63) is 28.0 Å². The molecular weight excluding hydrogens is 306 g/mol. The van der Waals surface area contributed by atoms with Crippen LogP contribution >= 0.6 is 11.3 Å². The van der Waals surface area contributed by atoms with Crippen molar-refractivity contribution in [3.63, 3.8) is 0 Å². The van der Waals surface area contributed by atoms with Gasteiger partial charge in [-0.25, -0.2) is 4.98 Å². The van der Waals surface area contributed by atoms with Gasteiger partial charge >= 0.3 is 0 Å². The summed E-state index contributed by atoms with van der Waals surface area (Å²) in [5, 5.41) is 9.46. The minimum absolute atomic E-state index is 0.504. The maximum absolute atomic E-state index is 4.72. The highest BCUT2D eigenvalue weighted by atomic mass is 32.1. The topological polar surface area (TPSA) is 46.0 Å². The lowest BCUT2D eigenvalue weighted by Crippen LogP contribution is -2.47. The van der Waals surface area contributed by atoms with Crippen molar-refractivity contribution < 1.29 is 0 Å². The summed E-state index contributed by atoms with van der Waals surface area (Å²) in [5.74, 6) is 0. The lowest BCUT2D eigenvalue weighted by Gasteiger charge is -2.36. The van der Waals surface area contributed by atoms with Gasteiger partial charge in [-0.05, 0) is 39.0 Å². The summed E-state index contributed by atoms with van der Waals surface area (Å²) in [5.41, 5.74) is 2.59. The lowest BCUT2D eigenvalue weighted by atomic mass is 9.96. The average molecular weight is 331 g/mol. The van der Waals surface area contributed by atoms with Crippen LogP contribution in [0.3, 0.4) is 0 Å². The third kappa shape index (κ3) is 3.15. The van der Waals surface area contributed by atoms with Crippen LogP contribution < -0.4 is 10.2 Å². The molecular formula is C17H25N5S. The quantitative estimate of drug-likeness (QED) is 0.939. The molecule has 2 aromatic rings. The number of thiazole rings is 1. The molecule has 1 fully saturated rings. The summed E-state index contributed by atoms with van der Waals surface area (Å²) >= 11 is 1.89. The van der Waals surface area contributed by atoms with Crippen LogP contribution in [0.25, 0.3) is 0 Å². The Bertz CT molecular complexity index is 676. The van der Waals surface area contributed by atoms with Gasteiger partial charge in [-0.3, -0.25) is 4.68 Å². The summed E-state index contributed by atoms with van der Waals surface area (Å²) in [7, 11) is 1.98. The highest BCUT2D eigenvalue weighted by Gasteiger charge is 2.28. The van der Waals surface area contributed by atoms with Gasteiger partial charge < -0.3 is 10.2 Å². The Balaban J connectivity index is 1.45. The SMILES string of the molecule is Cc1nc2c(s1)[C@@H](N[C@@H]1CCCN(c3cnn(C)c3)C1)CCC2. The van der Waals surface area contributed by atoms with Crippen LogP contribution in [0.4, 0.5) is 5.69 Å². The number of nitrogens with one attached hydrogen (secondary N) is 1. The van der Waals surface area contributed by atoms with E-state index < -0.39 is 0 Å². The Morgan fingerprint density at radius 1 is 1.30 bits per heavy atom. The van der Waals surface area contributed by atoms with Crippen molar-refractivity contribution in [2.24, 2.45) is 7.05 Å². The molecule has 23 heavy (non-hydrogen) atoms. The molecule has 0 aromatic carbocycles. The summed E-state index contributed by atoms with van der Waals surface area (Å²) < 4.78 is 1.89. The van der Waals surface area contributed by atoms with Gasteiger partial charge in [-0.2, -0.15) is 5.10 Å². The fourth-order valence-corrected chi connectivity index (χ4v) is 4.97. The van der Waals surface area contributed by atoms with Crippen molar-refractivity contribution in [2.45, 2.75) is 51.1 Å². The first-order valence-corrected chi connectivity index (χ1v) is 9.46. The highest BCUT2D eigenvalue weighted by molar-refractivity contribution is 7.11. The van der Waals surface area contributed by atoms with E-state index in [1.807, 2.05) is 29.3 Å². The van der Waals surface area contributed by atoms with Gasteiger partial charge in [0, 0.05) is 43.3 Å². The molecule has 124 valence electrons. The number of hydrogen-bond donors (Lipinski definition) is 1. The maximum Gasteiger partial charge on any atom is 0.0900 e. The molecule has 1 aliphatic carbocycles. The van der Waals surface area contributed by atoms with Crippen molar-refractivity contribution in [1.82, 2.24) is 20.1 Å². The zero-order chi connectivity index (χ0) is 15.8. The van der Waals surface area contributed by atoms with E-state index in [0.29, 0.717) is 12.1 Å². The Hall–Kier alpha value is -1.40. The molecule has 1 saturated heterocycles. The predicted molar refractivity (Wildman–Crippen MR) is 94.1 cm³/mol. The Morgan fingerprint density at radius 2 is 2.22 bits per heavy atom. The Morgan fingerprint density at radius 3 is 3.04 bits per heavy atom. The summed E-state index contributed by atoms with van der Waals surface area (Å²) in [6, 6.07) is 1.06. The third-order valence-electron chi connectivity index (χ3n) is 4.97. The molecule has 6 heteroatoms. The fraction of sp³-hybridized carbons (Fsp3) is 0.647. The van der Waals surface area contributed by atoms with E-state index in [4.69, 9.17) is 4.98 Å². The van der Waals surface area contributed by atoms with Crippen molar-refractivity contribution in [2.75, 3.05) is 18.0 Å². The molecule has 2 atom stereocenters. The molecule has 0 amide bonds. The van der Waals surface area contributed by atoms with Gasteiger partial charge in [0.25, 0.3) is 0 Å². The molecule has 0 spiro atoms. The molecule has 0 radical (unpaired) electrons. The zero-order valence-electron chi connectivity index (χ0n) is 14.0. The highest BCUT2D eigenvalue weighted by Crippen LogP contribution is 2.35. The first-order valence-electron chi connectivity index (χ1n) is 8.65. The number of aromatic nitrogens is 3. The van der Waals surface area contributed by atoms with Gasteiger partial charge in [0.15, 0.2) is 0 Å². The molecule has 3 heterocycles. The lowest BCUT2D eigenvalue weighted by molar-refractivity contribution is 0.355. The van der Waals surface area contributed by atoms with Gasteiger partial charge in [-0.1, -0.05) is 0 Å². The van der Waals surface area contributed by atoms with E-state index >= 15 is 0 Å². The second-order valence-electron chi connectivity index (χ2n) is 6.81. The molecule has 0 bridgehead atoms. The largest absolute Gasteiger partial charge is 0.367 e. The molecule has 5 nitrogen and oxygen atoms in total. The van der Waals surface area contributed by atoms with Crippen LogP contribution in [0.2, 0.25) is 0 Å². The number of anilines is 1. The normalized spacial score (nSPS) is 24.7. The third-order valence-corrected chi connectivity index (χ3v) is 6.10. The van der Waals surface area contributed by atoms with Crippen LogP contribution in [0.15, 0.2) is 12.4 Å². The van der Waals surface area contributed by atoms with E-state index in [0.717, 1.165) is 19.5 Å². The van der Waals surface area contributed by atoms with Gasteiger partial charge in [0.1, 0.15) is 0 Å². The number of hydrogen-bond acceptors (Lipinski definition) is 5. The fourth-order valence-electron chi connectivity index (χ4n) is 3.90. The van der Waals surface area contributed by atoms with Crippen molar-refractivity contribution >= 4 is 17.0 Å². The van der Waals surface area contributed by atoms with Crippen molar-refractivity contribution in [3.8, 4) is 0 Å². The van der Waals surface area contributed by atoms with Crippen LogP contribution in [-0.4, -0.2) is 33.9 Å². The molecule has 0 saturated carbocycles. The summed E-state index contributed by atoms with van der Waals surface area (Å²) in [6.07, 6.45) is 10.3. The average Bonchev–Trinajstić information content (AvgIpc) is 3.13. The molecule has 0 unspecified atom stereocenters. The number of rotatable bonds is 3. The second-order valence-corrected chi connectivity index (χ2v) is 8.05. The van der Waals surface area contributed by atoms with E-state index in [1.54, 1.807) is 0 Å². The van der Waals surface area contributed by atoms with Crippen LogP contribution in [0.1, 0.15) is 47.3 Å². The molecule has 2 aliphatic rings. The number of aryl methyl sites for hydroxylation is 3. The predicted octanol–water partition coefficient (Wildman–Crippen LogP) is 2.82. The second kappa shape index (κ2) is 6.24.